The van der Waals surface area contributed by atoms with Crippen molar-refractivity contribution in [3.63, 3.8) is 0 Å². The van der Waals surface area contributed by atoms with Gasteiger partial charge in [-0.3, -0.25) is 9.59 Å². The van der Waals surface area contributed by atoms with Gasteiger partial charge in [0, 0.05) is 26.1 Å². The van der Waals surface area contributed by atoms with Crippen molar-refractivity contribution in [2.24, 2.45) is 11.7 Å². The van der Waals surface area contributed by atoms with E-state index in [1.54, 1.807) is 11.4 Å². The Morgan fingerprint density at radius 2 is 1.93 bits per heavy atom. The van der Waals surface area contributed by atoms with Gasteiger partial charge in [0.1, 0.15) is 5.00 Å². The van der Waals surface area contributed by atoms with Gasteiger partial charge < -0.3 is 20.9 Å². The number of hydrogen-bond acceptors (Lipinski definition) is 5. The van der Waals surface area contributed by atoms with Crippen molar-refractivity contribution >= 4 is 28.2 Å². The number of anilines is 1. The number of nitrogens with one attached hydrogen (secondary N) is 1. The Balaban J connectivity index is 1.35. The molecule has 2 amide bonds. The summed E-state index contributed by atoms with van der Waals surface area (Å²) >= 11 is 1.32. The number of likely N-dealkylation sites (tertiary alicyclic amines) is 1. The van der Waals surface area contributed by atoms with Gasteiger partial charge >= 0.3 is 0 Å². The molecule has 6 nitrogen and oxygen atoms in total. The molecule has 1 aliphatic heterocycles. The van der Waals surface area contributed by atoms with Crippen molar-refractivity contribution in [3.05, 3.63) is 52.9 Å². The van der Waals surface area contributed by atoms with Crippen molar-refractivity contribution in [3.8, 4) is 0 Å². The first-order chi connectivity index (χ1) is 14.0. The fourth-order valence-corrected chi connectivity index (χ4v) is 4.65. The number of thiophene rings is 1. The summed E-state index contributed by atoms with van der Waals surface area (Å²) in [7, 11) is 2.19. The highest BCUT2D eigenvalue weighted by molar-refractivity contribution is 7.14. The molecule has 0 unspecified atom stereocenters. The molecule has 3 rings (SSSR count). The molecule has 2 heterocycles. The minimum atomic E-state index is -0.513. The molecule has 29 heavy (non-hydrogen) atoms. The highest BCUT2D eigenvalue weighted by Gasteiger charge is 2.21. The van der Waals surface area contributed by atoms with E-state index in [1.807, 2.05) is 0 Å². The lowest BCUT2D eigenvalue weighted by molar-refractivity contribution is -0.116. The third-order valence-corrected chi connectivity index (χ3v) is 6.24. The molecule has 0 spiro atoms. The molecule has 1 aromatic heterocycles. The Morgan fingerprint density at radius 3 is 2.62 bits per heavy atom. The Kier molecular flexibility index (Phi) is 7.80. The van der Waals surface area contributed by atoms with Crippen LogP contribution in [0.1, 0.15) is 35.2 Å². The van der Waals surface area contributed by atoms with Crippen LogP contribution in [-0.2, 0) is 11.3 Å². The van der Waals surface area contributed by atoms with Gasteiger partial charge in [0.2, 0.25) is 5.91 Å². The van der Waals surface area contributed by atoms with Crippen LogP contribution >= 0.6 is 11.3 Å². The highest BCUT2D eigenvalue weighted by atomic mass is 32.1. The van der Waals surface area contributed by atoms with Gasteiger partial charge in [-0.2, -0.15) is 0 Å². The lowest BCUT2D eigenvalue weighted by Crippen LogP contribution is -2.39. The van der Waals surface area contributed by atoms with Crippen LogP contribution in [0.15, 0.2) is 41.8 Å². The van der Waals surface area contributed by atoms with Crippen LogP contribution in [0, 0.1) is 5.92 Å². The Morgan fingerprint density at radius 1 is 1.21 bits per heavy atom. The molecular formula is C22H30N4O2S. The second-order valence-corrected chi connectivity index (χ2v) is 8.71. The number of primary amides is 1. The average molecular weight is 415 g/mol. The fraction of sp³-hybridized carbons (Fsp3) is 0.455. The van der Waals surface area contributed by atoms with Crippen molar-refractivity contribution in [2.75, 3.05) is 38.5 Å². The number of hydrogen-bond donors (Lipinski definition) is 2. The van der Waals surface area contributed by atoms with Gasteiger partial charge in [-0.1, -0.05) is 30.3 Å². The topological polar surface area (TPSA) is 78.7 Å². The zero-order chi connectivity index (χ0) is 20.6. The highest BCUT2D eigenvalue weighted by Crippen LogP contribution is 2.23. The normalized spacial score (nSPS) is 15.5. The summed E-state index contributed by atoms with van der Waals surface area (Å²) in [6.07, 6.45) is 2.75. The van der Waals surface area contributed by atoms with Gasteiger partial charge in [0.05, 0.1) is 5.56 Å². The Hall–Kier alpha value is -2.22. The summed E-state index contributed by atoms with van der Waals surface area (Å²) < 4.78 is 0. The summed E-state index contributed by atoms with van der Waals surface area (Å²) in [4.78, 5) is 28.3. The molecule has 1 aromatic carbocycles. The third-order valence-electron chi connectivity index (χ3n) is 5.41. The summed E-state index contributed by atoms with van der Waals surface area (Å²) in [6.45, 7) is 4.90. The quantitative estimate of drug-likeness (QED) is 0.661. The van der Waals surface area contributed by atoms with Crippen molar-refractivity contribution in [1.29, 1.82) is 0 Å². The number of benzene rings is 1. The van der Waals surface area contributed by atoms with E-state index in [2.05, 4.69) is 52.5 Å². The van der Waals surface area contributed by atoms with Crippen LogP contribution in [0.25, 0.3) is 0 Å². The van der Waals surface area contributed by atoms with Crippen molar-refractivity contribution in [1.82, 2.24) is 9.80 Å². The maximum absolute atomic E-state index is 12.2. The summed E-state index contributed by atoms with van der Waals surface area (Å²) in [5.41, 5.74) is 7.05. The first-order valence-corrected chi connectivity index (χ1v) is 11.0. The summed E-state index contributed by atoms with van der Waals surface area (Å²) in [6, 6.07) is 12.2. The average Bonchev–Trinajstić information content (AvgIpc) is 3.16. The number of nitrogens with two attached hydrogens (primary N) is 1. The van der Waals surface area contributed by atoms with Gasteiger partial charge in [-0.05, 0) is 55.9 Å². The maximum Gasteiger partial charge on any atom is 0.251 e. The smallest absolute Gasteiger partial charge is 0.251 e. The minimum Gasteiger partial charge on any atom is -0.366 e. The predicted molar refractivity (Wildman–Crippen MR) is 118 cm³/mol. The van der Waals surface area contributed by atoms with E-state index >= 15 is 0 Å². The van der Waals surface area contributed by atoms with Crippen LogP contribution in [0.5, 0.6) is 0 Å². The lowest BCUT2D eigenvalue weighted by atomic mass is 9.96. The molecule has 156 valence electrons. The number of rotatable bonds is 9. The van der Waals surface area contributed by atoms with Gasteiger partial charge in [0.15, 0.2) is 0 Å². The number of carbonyl (C=O) groups is 2. The van der Waals surface area contributed by atoms with Crippen molar-refractivity contribution < 1.29 is 9.59 Å². The van der Waals surface area contributed by atoms with Gasteiger partial charge in [-0.15, -0.1) is 11.3 Å². The van der Waals surface area contributed by atoms with E-state index < -0.39 is 5.91 Å². The van der Waals surface area contributed by atoms with Crippen molar-refractivity contribution in [2.45, 2.75) is 25.8 Å². The number of carbonyl (C=O) groups excluding carboxylic acids is 2. The Bertz CT molecular complexity index is 800. The van der Waals surface area contributed by atoms with Crippen LogP contribution < -0.4 is 11.1 Å². The Labute approximate surface area is 176 Å². The molecule has 2 aromatic rings. The van der Waals surface area contributed by atoms with E-state index in [0.29, 0.717) is 22.9 Å². The zero-order valence-electron chi connectivity index (χ0n) is 17.0. The SMILES string of the molecule is CN(Cc1ccccc1)CC1CCN(CCC(=O)Nc2sccc2C(N)=O)CC1. The molecule has 0 bridgehead atoms. The maximum atomic E-state index is 12.2. The number of amides is 2. The second-order valence-electron chi connectivity index (χ2n) is 7.79. The molecule has 1 fully saturated rings. The largest absolute Gasteiger partial charge is 0.366 e. The van der Waals surface area contributed by atoms with E-state index in [9.17, 15) is 9.59 Å². The molecule has 0 atom stereocenters. The molecule has 1 saturated heterocycles. The van der Waals surface area contributed by atoms with Crippen LogP contribution in [0.4, 0.5) is 5.00 Å². The second kappa shape index (κ2) is 10.5. The molecule has 7 heteroatoms. The molecule has 0 radical (unpaired) electrons. The minimum absolute atomic E-state index is 0.0698. The first-order valence-electron chi connectivity index (χ1n) is 10.1. The van der Waals surface area contributed by atoms with E-state index in [0.717, 1.165) is 45.6 Å². The van der Waals surface area contributed by atoms with E-state index in [-0.39, 0.29) is 5.91 Å². The predicted octanol–water partition coefficient (Wildman–Crippen LogP) is 3.02. The molecule has 1 aliphatic rings. The molecule has 3 N–H and O–H groups in total. The van der Waals surface area contributed by atoms with Crippen LogP contribution in [0.2, 0.25) is 0 Å². The standard InChI is InChI=1S/C22H30N4O2S/c1-25(15-17-5-3-2-4-6-17)16-18-7-11-26(12-8-18)13-9-20(27)24-22-19(21(23)28)10-14-29-22/h2-6,10,14,18H,7-9,11-13,15-16H2,1H3,(H2,23,28)(H,24,27). The first kappa shape index (κ1) is 21.5. The number of piperidine rings is 1. The monoisotopic (exact) mass is 414 g/mol. The van der Waals surface area contributed by atoms with Gasteiger partial charge in [-0.25, -0.2) is 0 Å². The third kappa shape index (κ3) is 6.66. The molecule has 0 aliphatic carbocycles. The zero-order valence-corrected chi connectivity index (χ0v) is 17.8. The van der Waals surface area contributed by atoms with E-state index in [1.165, 1.54) is 16.9 Å². The van der Waals surface area contributed by atoms with Gasteiger partial charge in [0.25, 0.3) is 5.91 Å². The van der Waals surface area contributed by atoms with Crippen LogP contribution in [0.3, 0.4) is 0 Å². The molecular weight excluding hydrogens is 384 g/mol. The van der Waals surface area contributed by atoms with E-state index in [4.69, 9.17) is 5.73 Å². The fourth-order valence-electron chi connectivity index (χ4n) is 3.84. The summed E-state index contributed by atoms with van der Waals surface area (Å²) in [5, 5.41) is 5.12. The summed E-state index contributed by atoms with van der Waals surface area (Å²) in [5.74, 6) is 0.124. The lowest BCUT2D eigenvalue weighted by Gasteiger charge is -2.33. The van der Waals surface area contributed by atoms with Crippen LogP contribution in [-0.4, -0.2) is 54.8 Å². The number of nitrogens with zero attached hydrogens (tertiary/aromatic N) is 2. The molecule has 0 saturated carbocycles.